The summed E-state index contributed by atoms with van der Waals surface area (Å²) < 4.78 is 5.26. The zero-order valence-electron chi connectivity index (χ0n) is 29.8. The first kappa shape index (κ1) is 32.0. The third kappa shape index (κ3) is 5.51. The highest BCUT2D eigenvalue weighted by Gasteiger charge is 2.18. The molecule has 0 unspecified atom stereocenters. The molecule has 55 heavy (non-hydrogen) atoms. The Morgan fingerprint density at radius 2 is 0.782 bits per heavy atom. The van der Waals surface area contributed by atoms with Crippen LogP contribution < -0.4 is 4.90 Å². The van der Waals surface area contributed by atoms with Crippen molar-refractivity contribution in [2.24, 2.45) is 0 Å². The normalized spacial score (nSPS) is 11.6. The lowest BCUT2D eigenvalue weighted by molar-refractivity contribution is 1.28. The second-order valence-electron chi connectivity index (χ2n) is 14.1. The minimum absolute atomic E-state index is 1.11. The zero-order chi connectivity index (χ0) is 36.3. The van der Waals surface area contributed by atoms with Crippen molar-refractivity contribution in [1.29, 1.82) is 0 Å². The third-order valence-corrected chi connectivity index (χ3v) is 13.1. The van der Waals surface area contributed by atoms with Crippen molar-refractivity contribution in [2.45, 2.75) is 0 Å². The summed E-state index contributed by atoms with van der Waals surface area (Å²) in [6.07, 6.45) is 0. The number of nitrogens with zero attached hydrogens (tertiary/aromatic N) is 1. The predicted molar refractivity (Wildman–Crippen MR) is 241 cm³/mol. The van der Waals surface area contributed by atoms with E-state index in [0.29, 0.717) is 0 Å². The van der Waals surface area contributed by atoms with Crippen molar-refractivity contribution in [2.75, 3.05) is 4.90 Å². The van der Waals surface area contributed by atoms with Gasteiger partial charge in [-0.15, -0.1) is 22.7 Å². The van der Waals surface area contributed by atoms with Gasteiger partial charge in [0, 0.05) is 57.4 Å². The number of thiophene rings is 2. The van der Waals surface area contributed by atoms with Gasteiger partial charge in [-0.2, -0.15) is 0 Å². The highest BCUT2D eigenvalue weighted by atomic mass is 32.1. The van der Waals surface area contributed by atoms with Gasteiger partial charge in [0.1, 0.15) is 0 Å². The van der Waals surface area contributed by atoms with Crippen LogP contribution in [0.25, 0.3) is 84.5 Å². The van der Waals surface area contributed by atoms with Crippen LogP contribution in [0.1, 0.15) is 0 Å². The van der Waals surface area contributed by atoms with Crippen molar-refractivity contribution in [1.82, 2.24) is 0 Å². The number of hydrogen-bond donors (Lipinski definition) is 0. The van der Waals surface area contributed by atoms with Crippen LogP contribution in [0, 0.1) is 0 Å². The van der Waals surface area contributed by atoms with Crippen molar-refractivity contribution < 1.29 is 0 Å². The van der Waals surface area contributed by atoms with Crippen LogP contribution in [0.15, 0.2) is 200 Å². The zero-order valence-corrected chi connectivity index (χ0v) is 31.4. The number of fused-ring (bicyclic) bond motifs is 7. The van der Waals surface area contributed by atoms with Crippen molar-refractivity contribution in [3.05, 3.63) is 200 Å². The van der Waals surface area contributed by atoms with Crippen LogP contribution in [-0.4, -0.2) is 0 Å². The lowest BCUT2D eigenvalue weighted by atomic mass is 9.97. The van der Waals surface area contributed by atoms with Crippen molar-refractivity contribution in [3.63, 3.8) is 0 Å². The molecule has 0 atom stereocenters. The molecule has 11 rings (SSSR count). The SMILES string of the molecule is c1cc(-c2cccc3sc4ccccc4c23)cc(N(c2ccc(-c3ccc4ccccc4c3)cc2)c2cccc(-c3cccc4sc5ccccc5c34)c2)c1. The minimum Gasteiger partial charge on any atom is -0.310 e. The Balaban J connectivity index is 1.07. The van der Waals surface area contributed by atoms with Crippen molar-refractivity contribution in [3.8, 4) is 33.4 Å². The molecular formula is C52H33NS2. The fourth-order valence-electron chi connectivity index (χ4n) is 8.27. The molecule has 2 aromatic heterocycles. The van der Waals surface area contributed by atoms with Gasteiger partial charge in [-0.3, -0.25) is 0 Å². The van der Waals surface area contributed by atoms with Gasteiger partial charge in [0.15, 0.2) is 0 Å². The van der Waals surface area contributed by atoms with E-state index >= 15 is 0 Å². The molecule has 0 aliphatic heterocycles. The molecule has 0 N–H and O–H groups in total. The fraction of sp³-hybridized carbons (Fsp3) is 0. The molecule has 258 valence electrons. The van der Waals surface area contributed by atoms with E-state index in [1.807, 2.05) is 22.7 Å². The first-order chi connectivity index (χ1) is 27.2. The maximum Gasteiger partial charge on any atom is 0.0467 e. The molecule has 0 spiro atoms. The Bertz CT molecular complexity index is 3060. The summed E-state index contributed by atoms with van der Waals surface area (Å²) in [5.41, 5.74) is 10.7. The van der Waals surface area contributed by atoms with Crippen LogP contribution >= 0.6 is 22.7 Å². The third-order valence-electron chi connectivity index (χ3n) is 10.8. The molecule has 0 bridgehead atoms. The molecule has 1 nitrogen and oxygen atoms in total. The van der Waals surface area contributed by atoms with E-state index in [4.69, 9.17) is 0 Å². The average Bonchev–Trinajstić information content (AvgIpc) is 3.83. The van der Waals surface area contributed by atoms with Gasteiger partial charge < -0.3 is 4.90 Å². The van der Waals surface area contributed by atoms with E-state index in [0.717, 1.165) is 17.1 Å². The van der Waals surface area contributed by atoms with Gasteiger partial charge in [0.05, 0.1) is 0 Å². The molecule has 11 aromatic rings. The van der Waals surface area contributed by atoms with Gasteiger partial charge in [-0.05, 0) is 111 Å². The monoisotopic (exact) mass is 735 g/mol. The second kappa shape index (κ2) is 13.1. The smallest absolute Gasteiger partial charge is 0.0467 e. The van der Waals surface area contributed by atoms with Gasteiger partial charge in [-0.1, -0.05) is 133 Å². The maximum atomic E-state index is 2.41. The number of anilines is 3. The summed E-state index contributed by atoms with van der Waals surface area (Å²) in [6.45, 7) is 0. The Morgan fingerprint density at radius 3 is 1.38 bits per heavy atom. The molecule has 2 heterocycles. The Kier molecular flexibility index (Phi) is 7.61. The van der Waals surface area contributed by atoms with Crippen LogP contribution in [-0.2, 0) is 0 Å². The topological polar surface area (TPSA) is 3.24 Å². The molecule has 0 amide bonds. The minimum atomic E-state index is 1.11. The molecule has 0 saturated carbocycles. The van der Waals surface area contributed by atoms with E-state index in [-0.39, 0.29) is 0 Å². The summed E-state index contributed by atoms with van der Waals surface area (Å²) in [7, 11) is 0. The Morgan fingerprint density at radius 1 is 0.291 bits per heavy atom. The van der Waals surface area contributed by atoms with Gasteiger partial charge in [0.2, 0.25) is 0 Å². The summed E-state index contributed by atoms with van der Waals surface area (Å²) >= 11 is 3.73. The summed E-state index contributed by atoms with van der Waals surface area (Å²) in [5, 5.41) is 7.78. The first-order valence-corrected chi connectivity index (χ1v) is 20.3. The maximum absolute atomic E-state index is 2.41. The van der Waals surface area contributed by atoms with Crippen LogP contribution in [0.3, 0.4) is 0 Å². The second-order valence-corrected chi connectivity index (χ2v) is 16.3. The number of benzene rings is 9. The number of rotatable bonds is 6. The van der Waals surface area contributed by atoms with Crippen LogP contribution in [0.2, 0.25) is 0 Å². The Hall–Kier alpha value is -6.52. The largest absolute Gasteiger partial charge is 0.310 e. The van der Waals surface area contributed by atoms with E-state index in [1.165, 1.54) is 84.5 Å². The fourth-order valence-corrected chi connectivity index (χ4v) is 10.5. The molecule has 0 fully saturated rings. The molecule has 0 aliphatic rings. The molecular weight excluding hydrogens is 703 g/mol. The highest BCUT2D eigenvalue weighted by Crippen LogP contribution is 2.45. The lowest BCUT2D eigenvalue weighted by Gasteiger charge is -2.27. The van der Waals surface area contributed by atoms with Gasteiger partial charge in [0.25, 0.3) is 0 Å². The summed E-state index contributed by atoms with van der Waals surface area (Å²) in [6, 6.07) is 73.5. The average molecular weight is 736 g/mol. The molecule has 9 aromatic carbocycles. The van der Waals surface area contributed by atoms with E-state index in [9.17, 15) is 0 Å². The predicted octanol–water partition coefficient (Wildman–Crippen LogP) is 16.0. The van der Waals surface area contributed by atoms with Gasteiger partial charge >= 0.3 is 0 Å². The summed E-state index contributed by atoms with van der Waals surface area (Å²) in [5.74, 6) is 0. The highest BCUT2D eigenvalue weighted by molar-refractivity contribution is 7.26. The standard InChI is InChI=1S/C52H33NS2/c1-2-12-36-31-37(26-25-34(36)11-1)35-27-29-40(30-28-35)53(41-15-7-13-38(32-41)43-19-9-23-49-51(43)45-17-3-5-21-47(45)54-49)42-16-8-14-39(33-42)44-20-10-24-50-52(44)46-18-4-6-22-48(46)55-50/h1-33H. The quantitative estimate of drug-likeness (QED) is 0.164. The van der Waals surface area contributed by atoms with E-state index in [1.54, 1.807) is 0 Å². The van der Waals surface area contributed by atoms with E-state index < -0.39 is 0 Å². The van der Waals surface area contributed by atoms with Crippen molar-refractivity contribution >= 4 is 90.9 Å². The number of hydrogen-bond acceptors (Lipinski definition) is 3. The first-order valence-electron chi connectivity index (χ1n) is 18.7. The summed E-state index contributed by atoms with van der Waals surface area (Å²) in [4.78, 5) is 2.41. The molecule has 0 radical (unpaired) electrons. The van der Waals surface area contributed by atoms with E-state index in [2.05, 4.69) is 205 Å². The molecule has 0 aliphatic carbocycles. The molecule has 0 saturated heterocycles. The lowest BCUT2D eigenvalue weighted by Crippen LogP contribution is -2.10. The van der Waals surface area contributed by atoms with Crippen LogP contribution in [0.4, 0.5) is 17.1 Å². The molecule has 3 heteroatoms. The van der Waals surface area contributed by atoms with Gasteiger partial charge in [-0.25, -0.2) is 0 Å². The Labute approximate surface area is 327 Å². The van der Waals surface area contributed by atoms with Crippen LogP contribution in [0.5, 0.6) is 0 Å².